The van der Waals surface area contributed by atoms with Gasteiger partial charge in [0.15, 0.2) is 11.6 Å². The largest absolute Gasteiger partial charge is 0.300 e. The smallest absolute Gasteiger partial charge is 0.209 e. The molecule has 0 bridgehead atoms. The minimum atomic E-state index is -0.369. The molecule has 1 aromatic heterocycles. The fraction of sp³-hybridized carbons (Fsp3) is 0.143. The van der Waals surface area contributed by atoms with Gasteiger partial charge in [0.25, 0.3) is 0 Å². The third-order valence-corrected chi connectivity index (χ3v) is 6.36. The molecule has 1 atom stereocenters. The van der Waals surface area contributed by atoms with Crippen molar-refractivity contribution in [1.82, 2.24) is 15.2 Å². The number of halogens is 1. The monoisotopic (exact) mass is 452 g/mol. The highest BCUT2D eigenvalue weighted by molar-refractivity contribution is 9.10. The summed E-state index contributed by atoms with van der Waals surface area (Å²) in [6.07, 6.45) is 0. The summed E-state index contributed by atoms with van der Waals surface area (Å²) < 4.78 is 0.925. The number of hydrogen-bond donors (Lipinski definition) is 2. The predicted molar refractivity (Wildman–Crippen MR) is 116 cm³/mol. The van der Waals surface area contributed by atoms with Crippen LogP contribution < -0.4 is 0 Å². The predicted octanol–water partition coefficient (Wildman–Crippen LogP) is 5.14. The summed E-state index contributed by atoms with van der Waals surface area (Å²) in [6.45, 7) is 3.69. The zero-order valence-corrected chi connectivity index (χ0v) is 17.7. The fourth-order valence-electron chi connectivity index (χ4n) is 3.25. The molecule has 7 heteroatoms. The average Bonchev–Trinajstić information content (AvgIpc) is 3.25. The van der Waals surface area contributed by atoms with Crippen molar-refractivity contribution in [2.45, 2.75) is 24.3 Å². The molecule has 2 N–H and O–H groups in total. The van der Waals surface area contributed by atoms with E-state index >= 15 is 0 Å². The molecule has 5 nitrogen and oxygen atoms in total. The molecule has 2 aromatic carbocycles. The van der Waals surface area contributed by atoms with Crippen molar-refractivity contribution in [1.29, 1.82) is 5.41 Å². The highest BCUT2D eigenvalue weighted by Gasteiger charge is 2.31. The second-order valence-corrected chi connectivity index (χ2v) is 8.65. The molecular formula is C21H17BrN4OS. The van der Waals surface area contributed by atoms with Crippen molar-refractivity contribution in [3.05, 3.63) is 69.7 Å². The van der Waals surface area contributed by atoms with E-state index in [9.17, 15) is 4.79 Å². The van der Waals surface area contributed by atoms with E-state index in [4.69, 9.17) is 5.41 Å². The highest BCUT2D eigenvalue weighted by Crippen LogP contribution is 2.36. The van der Waals surface area contributed by atoms with Gasteiger partial charge in [-0.2, -0.15) is 0 Å². The Kier molecular flexibility index (Phi) is 5.03. The van der Waals surface area contributed by atoms with Crippen LogP contribution in [0.5, 0.6) is 0 Å². The molecule has 0 radical (unpaired) electrons. The standard InChI is InChI=1S/C21H17BrN4OS/c1-11-17(13-7-3-4-8-14(13)18(11)23)19(27)12(2)28-21-24-20(25-26-21)15-9-5-6-10-16(15)22/h3-10,12,23H,1-2H3,(H,24,25,26). The van der Waals surface area contributed by atoms with Gasteiger partial charge in [-0.25, -0.2) is 4.98 Å². The Morgan fingerprint density at radius 1 is 1.11 bits per heavy atom. The molecule has 0 amide bonds. The number of Topliss-reactive ketones (excluding diaryl/α,β-unsaturated/α-hetero) is 1. The number of nitrogens with one attached hydrogen (secondary N) is 2. The molecule has 0 spiro atoms. The Balaban J connectivity index is 1.57. The number of allylic oxidation sites excluding steroid dienone is 2. The zero-order valence-electron chi connectivity index (χ0n) is 15.3. The number of benzene rings is 2. The van der Waals surface area contributed by atoms with Gasteiger partial charge in [0.2, 0.25) is 5.16 Å². The highest BCUT2D eigenvalue weighted by atomic mass is 79.9. The van der Waals surface area contributed by atoms with E-state index in [0.717, 1.165) is 26.7 Å². The molecule has 1 unspecified atom stereocenters. The summed E-state index contributed by atoms with van der Waals surface area (Å²) in [5.74, 6) is 0.641. The number of carbonyl (C=O) groups excluding carboxylic acids is 1. The maximum Gasteiger partial charge on any atom is 0.209 e. The third kappa shape index (κ3) is 3.25. The summed E-state index contributed by atoms with van der Waals surface area (Å²) in [5.41, 5.74) is 4.34. The molecule has 1 aliphatic rings. The second-order valence-electron chi connectivity index (χ2n) is 6.49. The van der Waals surface area contributed by atoms with Crippen molar-refractivity contribution in [3.8, 4) is 11.4 Å². The van der Waals surface area contributed by atoms with Crippen LogP contribution in [0.3, 0.4) is 0 Å². The average molecular weight is 453 g/mol. The third-order valence-electron chi connectivity index (χ3n) is 4.71. The van der Waals surface area contributed by atoms with E-state index < -0.39 is 0 Å². The zero-order chi connectivity index (χ0) is 19.8. The van der Waals surface area contributed by atoms with E-state index in [2.05, 4.69) is 31.1 Å². The lowest BCUT2D eigenvalue weighted by Gasteiger charge is -2.10. The van der Waals surface area contributed by atoms with Gasteiger partial charge < -0.3 is 0 Å². The van der Waals surface area contributed by atoms with Crippen LogP contribution in [-0.4, -0.2) is 31.9 Å². The summed E-state index contributed by atoms with van der Waals surface area (Å²) in [5, 5.41) is 15.6. The fourth-order valence-corrected chi connectivity index (χ4v) is 4.51. The number of H-pyrrole nitrogens is 1. The molecule has 28 heavy (non-hydrogen) atoms. The minimum Gasteiger partial charge on any atom is -0.300 e. The molecule has 4 rings (SSSR count). The summed E-state index contributed by atoms with van der Waals surface area (Å²) in [7, 11) is 0. The topological polar surface area (TPSA) is 82.5 Å². The van der Waals surface area contributed by atoms with Crippen molar-refractivity contribution in [2.75, 3.05) is 0 Å². The minimum absolute atomic E-state index is 0.00978. The maximum absolute atomic E-state index is 13.2. The first-order chi connectivity index (χ1) is 13.5. The van der Waals surface area contributed by atoms with Crippen LogP contribution in [0.25, 0.3) is 17.0 Å². The Morgan fingerprint density at radius 3 is 2.46 bits per heavy atom. The molecule has 1 aliphatic carbocycles. The summed E-state index contributed by atoms with van der Waals surface area (Å²) in [6, 6.07) is 15.3. The molecule has 140 valence electrons. The van der Waals surface area contributed by atoms with Crippen LogP contribution in [0.15, 0.2) is 63.7 Å². The van der Waals surface area contributed by atoms with Crippen molar-refractivity contribution in [3.63, 3.8) is 0 Å². The lowest BCUT2D eigenvalue weighted by molar-refractivity contribution is -0.113. The van der Waals surface area contributed by atoms with Crippen LogP contribution in [0, 0.1) is 5.41 Å². The number of hydrogen-bond acceptors (Lipinski definition) is 5. The first kappa shape index (κ1) is 18.8. The molecule has 0 saturated heterocycles. The van der Waals surface area contributed by atoms with Crippen LogP contribution in [0.1, 0.15) is 25.0 Å². The number of carbonyl (C=O) groups is 1. The van der Waals surface area contributed by atoms with Crippen molar-refractivity contribution < 1.29 is 4.79 Å². The van der Waals surface area contributed by atoms with Gasteiger partial charge in [-0.3, -0.25) is 15.3 Å². The number of aromatic nitrogens is 3. The molecule has 3 aromatic rings. The number of aromatic amines is 1. The van der Waals surface area contributed by atoms with Gasteiger partial charge in [-0.1, -0.05) is 70.2 Å². The van der Waals surface area contributed by atoms with Gasteiger partial charge in [0, 0.05) is 21.2 Å². The summed E-state index contributed by atoms with van der Waals surface area (Å²) >= 11 is 4.83. The van der Waals surface area contributed by atoms with Crippen LogP contribution in [0.2, 0.25) is 0 Å². The number of ketones is 1. The van der Waals surface area contributed by atoms with Gasteiger partial charge >= 0.3 is 0 Å². The normalized spacial score (nSPS) is 14.3. The molecule has 0 fully saturated rings. The van der Waals surface area contributed by atoms with E-state index in [1.54, 1.807) is 0 Å². The second kappa shape index (κ2) is 7.48. The Bertz CT molecular complexity index is 1130. The molecular weight excluding hydrogens is 436 g/mol. The Morgan fingerprint density at radius 2 is 1.75 bits per heavy atom. The lowest BCUT2D eigenvalue weighted by Crippen LogP contribution is -2.15. The van der Waals surface area contributed by atoms with Gasteiger partial charge in [-0.05, 0) is 31.1 Å². The van der Waals surface area contributed by atoms with E-state index in [-0.39, 0.29) is 11.0 Å². The Labute approximate surface area is 175 Å². The lowest BCUT2D eigenvalue weighted by atomic mass is 10.00. The number of rotatable bonds is 5. The van der Waals surface area contributed by atoms with Gasteiger partial charge in [-0.15, -0.1) is 5.10 Å². The SMILES string of the molecule is CC1=C(C(=O)C(C)Sc2n[nH]c(-c3ccccc3Br)n2)c2ccccc2C1=N. The molecule has 0 aliphatic heterocycles. The quantitative estimate of drug-likeness (QED) is 0.524. The number of thioether (sulfide) groups is 1. The van der Waals surface area contributed by atoms with E-state index in [1.165, 1.54) is 11.8 Å². The summed E-state index contributed by atoms with van der Waals surface area (Å²) in [4.78, 5) is 17.7. The van der Waals surface area contributed by atoms with E-state index in [1.807, 2.05) is 62.4 Å². The van der Waals surface area contributed by atoms with Gasteiger partial charge in [0.05, 0.1) is 11.0 Å². The Hall–Kier alpha value is -2.51. The first-order valence-electron chi connectivity index (χ1n) is 8.75. The van der Waals surface area contributed by atoms with Crippen molar-refractivity contribution >= 4 is 44.8 Å². The van der Waals surface area contributed by atoms with Gasteiger partial charge in [0.1, 0.15) is 0 Å². The molecule has 0 saturated carbocycles. The number of fused-ring (bicyclic) bond motifs is 1. The van der Waals surface area contributed by atoms with Crippen LogP contribution >= 0.6 is 27.7 Å². The van der Waals surface area contributed by atoms with E-state index in [0.29, 0.717) is 22.3 Å². The molecule has 1 heterocycles. The number of nitrogens with zero attached hydrogens (tertiary/aromatic N) is 2. The van der Waals surface area contributed by atoms with Crippen molar-refractivity contribution in [2.24, 2.45) is 0 Å². The van der Waals surface area contributed by atoms with Crippen LogP contribution in [-0.2, 0) is 4.79 Å². The first-order valence-corrected chi connectivity index (χ1v) is 10.4. The maximum atomic E-state index is 13.2. The van der Waals surface area contributed by atoms with Crippen LogP contribution in [0.4, 0.5) is 0 Å².